The Morgan fingerprint density at radius 2 is 2.00 bits per heavy atom. The highest BCUT2D eigenvalue weighted by atomic mass is 32.2. The maximum atomic E-state index is 12.6. The minimum atomic E-state index is -3.41. The number of hydrogen-bond donors (Lipinski definition) is 1. The number of aryl methyl sites for hydroxylation is 1. The molecule has 1 aromatic carbocycles. The second-order valence-corrected chi connectivity index (χ2v) is 7.28. The van der Waals surface area contributed by atoms with E-state index in [2.05, 4.69) is 12.2 Å². The molecule has 0 heterocycles. The number of nitrogens with zero attached hydrogens (tertiary/aromatic N) is 1. The predicted octanol–water partition coefficient (Wildman–Crippen LogP) is 2.52. The van der Waals surface area contributed by atoms with Gasteiger partial charge < -0.3 is 5.32 Å². The van der Waals surface area contributed by atoms with E-state index >= 15 is 0 Å². The smallest absolute Gasteiger partial charge is 0.243 e. The predicted molar refractivity (Wildman–Crippen MR) is 83.3 cm³/mol. The van der Waals surface area contributed by atoms with Crippen molar-refractivity contribution in [3.05, 3.63) is 29.3 Å². The van der Waals surface area contributed by atoms with Crippen LogP contribution in [0.4, 0.5) is 0 Å². The average molecular weight is 298 g/mol. The Balaban J connectivity index is 3.12. The highest BCUT2D eigenvalue weighted by Crippen LogP contribution is 2.21. The molecule has 0 radical (unpaired) electrons. The normalized spacial score (nSPS) is 13.7. The lowest BCUT2D eigenvalue weighted by molar-refractivity contribution is 0.368. The maximum absolute atomic E-state index is 12.6. The van der Waals surface area contributed by atoms with E-state index in [4.69, 9.17) is 0 Å². The second-order valence-electron chi connectivity index (χ2n) is 5.28. The van der Waals surface area contributed by atoms with Crippen molar-refractivity contribution in [1.29, 1.82) is 0 Å². The lowest BCUT2D eigenvalue weighted by Crippen LogP contribution is -2.35. The highest BCUT2D eigenvalue weighted by molar-refractivity contribution is 7.89. The van der Waals surface area contributed by atoms with E-state index in [-0.39, 0.29) is 6.04 Å². The summed E-state index contributed by atoms with van der Waals surface area (Å²) in [6.45, 7) is 6.67. The average Bonchev–Trinajstić information content (AvgIpc) is 2.40. The topological polar surface area (TPSA) is 49.4 Å². The van der Waals surface area contributed by atoms with Crippen LogP contribution in [0, 0.1) is 6.92 Å². The van der Waals surface area contributed by atoms with Crippen molar-refractivity contribution in [2.45, 2.75) is 51.1 Å². The number of rotatable bonds is 7. The highest BCUT2D eigenvalue weighted by Gasteiger charge is 2.25. The van der Waals surface area contributed by atoms with Crippen LogP contribution in [0.5, 0.6) is 0 Å². The molecule has 20 heavy (non-hydrogen) atoms. The van der Waals surface area contributed by atoms with Crippen LogP contribution in [0.15, 0.2) is 23.1 Å². The number of nitrogens with one attached hydrogen (secondary N) is 1. The Labute approximate surface area is 123 Å². The van der Waals surface area contributed by atoms with Crippen LogP contribution in [-0.4, -0.2) is 32.9 Å². The Hall–Kier alpha value is -0.910. The summed E-state index contributed by atoms with van der Waals surface area (Å²) >= 11 is 0. The quantitative estimate of drug-likeness (QED) is 0.841. The third-order valence-corrected chi connectivity index (χ3v) is 5.66. The van der Waals surface area contributed by atoms with Crippen molar-refractivity contribution < 1.29 is 8.42 Å². The summed E-state index contributed by atoms with van der Waals surface area (Å²) < 4.78 is 26.7. The fourth-order valence-electron chi connectivity index (χ4n) is 2.19. The standard InChI is InChI=1S/C15H26N2O2S/c1-6-7-13(3)17(5)20(18,19)15-9-8-12(2)14(10-15)11-16-4/h8-10,13,16H,6-7,11H2,1-5H3. The number of hydrogen-bond acceptors (Lipinski definition) is 3. The van der Waals surface area contributed by atoms with Crippen LogP contribution in [-0.2, 0) is 16.6 Å². The van der Waals surface area contributed by atoms with E-state index in [1.54, 1.807) is 19.2 Å². The molecule has 1 N–H and O–H groups in total. The molecule has 0 aliphatic rings. The van der Waals surface area contributed by atoms with Crippen LogP contribution in [0.1, 0.15) is 37.8 Å². The van der Waals surface area contributed by atoms with Gasteiger partial charge in [-0.1, -0.05) is 19.4 Å². The van der Waals surface area contributed by atoms with E-state index in [9.17, 15) is 8.42 Å². The van der Waals surface area contributed by atoms with Gasteiger partial charge in [-0.05, 0) is 50.6 Å². The van der Waals surface area contributed by atoms with Gasteiger partial charge in [-0.2, -0.15) is 4.31 Å². The molecule has 1 unspecified atom stereocenters. The molecule has 4 nitrogen and oxygen atoms in total. The molecule has 0 aliphatic heterocycles. The molecule has 0 bridgehead atoms. The van der Waals surface area contributed by atoms with E-state index in [0.717, 1.165) is 24.0 Å². The van der Waals surface area contributed by atoms with Gasteiger partial charge in [0, 0.05) is 19.6 Å². The molecule has 5 heteroatoms. The first-order valence-corrected chi connectivity index (χ1v) is 8.50. The van der Waals surface area contributed by atoms with Gasteiger partial charge in [0.05, 0.1) is 4.90 Å². The van der Waals surface area contributed by atoms with Gasteiger partial charge in [0.15, 0.2) is 0 Å². The summed E-state index contributed by atoms with van der Waals surface area (Å²) in [5.74, 6) is 0. The Bertz CT molecular complexity index is 541. The second kappa shape index (κ2) is 7.20. The van der Waals surface area contributed by atoms with Crippen molar-refractivity contribution in [2.75, 3.05) is 14.1 Å². The van der Waals surface area contributed by atoms with Gasteiger partial charge in [0.25, 0.3) is 0 Å². The maximum Gasteiger partial charge on any atom is 0.243 e. The van der Waals surface area contributed by atoms with Gasteiger partial charge in [0.1, 0.15) is 0 Å². The van der Waals surface area contributed by atoms with Gasteiger partial charge in [-0.15, -0.1) is 0 Å². The first-order chi connectivity index (χ1) is 9.34. The first-order valence-electron chi connectivity index (χ1n) is 7.06. The number of benzene rings is 1. The van der Waals surface area contributed by atoms with Gasteiger partial charge in [0.2, 0.25) is 10.0 Å². The van der Waals surface area contributed by atoms with Gasteiger partial charge in [-0.25, -0.2) is 8.42 Å². The van der Waals surface area contributed by atoms with Crippen molar-refractivity contribution in [2.24, 2.45) is 0 Å². The zero-order valence-electron chi connectivity index (χ0n) is 13.1. The summed E-state index contributed by atoms with van der Waals surface area (Å²) in [6.07, 6.45) is 1.84. The van der Waals surface area contributed by atoms with Crippen molar-refractivity contribution in [1.82, 2.24) is 9.62 Å². The molecule has 0 amide bonds. The summed E-state index contributed by atoms with van der Waals surface area (Å²) in [6, 6.07) is 5.35. The molecule has 1 atom stereocenters. The van der Waals surface area contributed by atoms with Crippen LogP contribution >= 0.6 is 0 Å². The first kappa shape index (κ1) is 17.1. The zero-order chi connectivity index (χ0) is 15.3. The minimum absolute atomic E-state index is 0.0130. The van der Waals surface area contributed by atoms with Crippen molar-refractivity contribution in [3.63, 3.8) is 0 Å². The summed E-state index contributed by atoms with van der Waals surface area (Å²) in [7, 11) is 0.105. The third-order valence-electron chi connectivity index (χ3n) is 3.69. The Morgan fingerprint density at radius 1 is 1.35 bits per heavy atom. The molecule has 0 aromatic heterocycles. The lowest BCUT2D eigenvalue weighted by atomic mass is 10.1. The Kier molecular flexibility index (Phi) is 6.17. The van der Waals surface area contributed by atoms with E-state index in [0.29, 0.717) is 11.4 Å². The summed E-state index contributed by atoms with van der Waals surface area (Å²) in [4.78, 5) is 0.374. The number of sulfonamides is 1. The van der Waals surface area contributed by atoms with E-state index in [1.807, 2.05) is 27.0 Å². The molecular weight excluding hydrogens is 272 g/mol. The largest absolute Gasteiger partial charge is 0.316 e. The molecular formula is C15H26N2O2S. The van der Waals surface area contributed by atoms with Gasteiger partial charge >= 0.3 is 0 Å². The van der Waals surface area contributed by atoms with Crippen LogP contribution in [0.25, 0.3) is 0 Å². The zero-order valence-corrected chi connectivity index (χ0v) is 13.9. The molecule has 1 aromatic rings. The molecule has 0 spiro atoms. The van der Waals surface area contributed by atoms with Crippen LogP contribution in [0.2, 0.25) is 0 Å². The fourth-order valence-corrected chi connectivity index (χ4v) is 3.63. The minimum Gasteiger partial charge on any atom is -0.316 e. The SMILES string of the molecule is CCCC(C)N(C)S(=O)(=O)c1ccc(C)c(CNC)c1. The molecule has 1 rings (SSSR count). The van der Waals surface area contributed by atoms with E-state index < -0.39 is 10.0 Å². The molecule has 0 saturated carbocycles. The fraction of sp³-hybridized carbons (Fsp3) is 0.600. The lowest BCUT2D eigenvalue weighted by Gasteiger charge is -2.24. The van der Waals surface area contributed by atoms with Gasteiger partial charge in [-0.3, -0.25) is 0 Å². The third kappa shape index (κ3) is 3.81. The van der Waals surface area contributed by atoms with Crippen molar-refractivity contribution >= 4 is 10.0 Å². The Morgan fingerprint density at radius 3 is 2.55 bits per heavy atom. The molecule has 0 aliphatic carbocycles. The monoisotopic (exact) mass is 298 g/mol. The molecule has 114 valence electrons. The van der Waals surface area contributed by atoms with E-state index in [1.165, 1.54) is 4.31 Å². The summed E-state index contributed by atoms with van der Waals surface area (Å²) in [5.41, 5.74) is 2.12. The van der Waals surface area contributed by atoms with Crippen molar-refractivity contribution in [3.8, 4) is 0 Å². The van der Waals surface area contributed by atoms with Crippen LogP contribution in [0.3, 0.4) is 0 Å². The summed E-state index contributed by atoms with van der Waals surface area (Å²) in [5, 5.41) is 3.07. The molecule has 0 saturated heterocycles. The van der Waals surface area contributed by atoms with Crippen LogP contribution < -0.4 is 5.32 Å². The molecule has 0 fully saturated rings.